The Morgan fingerprint density at radius 2 is 1.39 bits per heavy atom. The molecular formula is C26H37Cl2Si2Zr-. The molecule has 0 saturated carbocycles. The van der Waals surface area contributed by atoms with E-state index in [1.807, 2.05) is 0 Å². The first kappa shape index (κ1) is 27.2. The van der Waals surface area contributed by atoms with E-state index in [1.54, 1.807) is 10.4 Å². The zero-order chi connectivity index (χ0) is 23.6. The summed E-state index contributed by atoms with van der Waals surface area (Å²) in [6, 6.07) is 17.0. The molecule has 0 heterocycles. The molecule has 3 aromatic rings. The molecule has 5 heteroatoms. The van der Waals surface area contributed by atoms with Crippen LogP contribution >= 0.6 is 17.0 Å². The van der Waals surface area contributed by atoms with Crippen LogP contribution < -0.4 is 10.4 Å². The van der Waals surface area contributed by atoms with E-state index in [9.17, 15) is 0 Å². The number of benzene rings is 2. The standard InChI is InChI=1S/C26H37Si2.2ClH.Zr/c1-18(2)12-20-13-21-11-10-19(3)26(25(21)14-20)22-15-23(27(4,5)6)17-24(16-22)28(7,8)9;;;/h10-11,13-18H,12H2,1-9H3;2*1H;/q-1;;;+2/p-2. The molecule has 0 atom stereocenters. The van der Waals surface area contributed by atoms with E-state index >= 15 is 0 Å². The van der Waals surface area contributed by atoms with Gasteiger partial charge >= 0.3 is 37.9 Å². The fourth-order valence-corrected chi connectivity index (χ4v) is 6.56. The summed E-state index contributed by atoms with van der Waals surface area (Å²) in [6.07, 6.45) is 1.16. The van der Waals surface area contributed by atoms with E-state index in [2.05, 4.69) is 103 Å². The van der Waals surface area contributed by atoms with Gasteiger partial charge in [0.2, 0.25) is 0 Å². The van der Waals surface area contributed by atoms with Gasteiger partial charge < -0.3 is 0 Å². The summed E-state index contributed by atoms with van der Waals surface area (Å²) in [5.74, 6) is 0.690. The Morgan fingerprint density at radius 3 is 1.84 bits per heavy atom. The minimum atomic E-state index is -1.39. The van der Waals surface area contributed by atoms with E-state index in [1.165, 1.54) is 33.0 Å². The quantitative estimate of drug-likeness (QED) is 0.215. The molecule has 0 saturated heterocycles. The van der Waals surface area contributed by atoms with Gasteiger partial charge in [0, 0.05) is 0 Å². The second-order valence-corrected chi connectivity index (χ2v) is 25.0. The molecule has 0 aromatic heterocycles. The molecular weight excluding hydrogens is 531 g/mol. The second kappa shape index (κ2) is 10.9. The average Bonchev–Trinajstić information content (AvgIpc) is 3.02. The third-order valence-electron chi connectivity index (χ3n) is 5.76. The normalized spacial score (nSPS) is 12.1. The molecule has 3 rings (SSSR count). The first-order chi connectivity index (χ1) is 14.3. The minimum absolute atomic E-state index is 0.690. The van der Waals surface area contributed by atoms with E-state index in [4.69, 9.17) is 17.0 Å². The van der Waals surface area contributed by atoms with Crippen molar-refractivity contribution in [1.82, 2.24) is 0 Å². The van der Waals surface area contributed by atoms with Crippen molar-refractivity contribution < 1.29 is 20.8 Å². The van der Waals surface area contributed by atoms with Crippen LogP contribution in [0.2, 0.25) is 39.3 Å². The topological polar surface area (TPSA) is 0 Å². The predicted octanol–water partition coefficient (Wildman–Crippen LogP) is 8.20. The fraction of sp³-hybridized carbons (Fsp3) is 0.423. The average molecular weight is 568 g/mol. The summed E-state index contributed by atoms with van der Waals surface area (Å²) in [7, 11) is 7.09. The van der Waals surface area contributed by atoms with Gasteiger partial charge in [-0.3, -0.25) is 0 Å². The molecule has 3 aromatic carbocycles. The number of halogens is 2. The van der Waals surface area contributed by atoms with Crippen LogP contribution in [0.3, 0.4) is 0 Å². The molecule has 0 N–H and O–H groups in total. The molecule has 0 unspecified atom stereocenters. The van der Waals surface area contributed by atoms with Crippen molar-refractivity contribution >= 4 is 54.3 Å². The van der Waals surface area contributed by atoms with Gasteiger partial charge in [0.25, 0.3) is 0 Å². The molecule has 0 fully saturated rings. The van der Waals surface area contributed by atoms with Crippen molar-refractivity contribution in [3.05, 3.63) is 53.6 Å². The predicted molar refractivity (Wildman–Crippen MR) is 146 cm³/mol. The van der Waals surface area contributed by atoms with Crippen LogP contribution in [0.4, 0.5) is 0 Å². The number of aryl methyl sites for hydroxylation is 1. The van der Waals surface area contributed by atoms with Crippen LogP contribution in [-0.4, -0.2) is 16.1 Å². The number of hydrogen-bond donors (Lipinski definition) is 0. The molecule has 0 aliphatic heterocycles. The van der Waals surface area contributed by atoms with Gasteiger partial charge in [-0.15, -0.1) is 34.5 Å². The molecule has 0 aliphatic carbocycles. The first-order valence-corrected chi connectivity index (χ1v) is 24.4. The van der Waals surface area contributed by atoms with Crippen LogP contribution in [0.5, 0.6) is 0 Å². The van der Waals surface area contributed by atoms with Crippen LogP contribution in [0, 0.1) is 12.8 Å². The Labute approximate surface area is 210 Å². The van der Waals surface area contributed by atoms with E-state index in [-0.39, 0.29) is 0 Å². The number of fused-ring (bicyclic) bond motifs is 1. The molecule has 0 spiro atoms. The molecule has 168 valence electrons. The summed E-state index contributed by atoms with van der Waals surface area (Å²) >= 11 is -0.826. The summed E-state index contributed by atoms with van der Waals surface area (Å²) in [5, 5.41) is 6.01. The summed E-state index contributed by atoms with van der Waals surface area (Å²) in [6.45, 7) is 21.7. The third kappa shape index (κ3) is 7.21. The Balaban J connectivity index is 0.00000107. The molecule has 31 heavy (non-hydrogen) atoms. The van der Waals surface area contributed by atoms with Crippen molar-refractivity contribution in [2.45, 2.75) is 66.5 Å². The Bertz CT molecular complexity index is 992. The molecule has 0 aliphatic rings. The SMILES string of the molecule is Cc1ccc2[cH-]c(CC(C)C)cc2c1-c1cc([Si](C)(C)C)cc([Si](C)(C)C)c1.[Cl][Zr][Cl]. The van der Waals surface area contributed by atoms with Crippen LogP contribution in [0.15, 0.2) is 42.5 Å². The zero-order valence-electron chi connectivity index (χ0n) is 20.6. The van der Waals surface area contributed by atoms with Gasteiger partial charge in [0.05, 0.1) is 16.1 Å². The summed E-state index contributed by atoms with van der Waals surface area (Å²) in [5.41, 5.74) is 5.75. The van der Waals surface area contributed by atoms with E-state index in [0.717, 1.165) is 6.42 Å². The molecule has 0 bridgehead atoms. The maximum atomic E-state index is 4.93. The van der Waals surface area contributed by atoms with Gasteiger partial charge in [-0.05, 0) is 24.8 Å². The fourth-order valence-electron chi connectivity index (χ4n) is 4.06. The van der Waals surface area contributed by atoms with Gasteiger partial charge in [0.15, 0.2) is 0 Å². The Kier molecular flexibility index (Phi) is 9.57. The number of rotatable bonds is 5. The summed E-state index contributed by atoms with van der Waals surface area (Å²) < 4.78 is 0. The van der Waals surface area contributed by atoms with Gasteiger partial charge in [-0.1, -0.05) is 92.8 Å². The monoisotopic (exact) mass is 565 g/mol. The van der Waals surface area contributed by atoms with Gasteiger partial charge in [0.1, 0.15) is 0 Å². The van der Waals surface area contributed by atoms with Crippen LogP contribution in [0.25, 0.3) is 21.9 Å². The number of hydrogen-bond acceptors (Lipinski definition) is 0. The summed E-state index contributed by atoms with van der Waals surface area (Å²) in [4.78, 5) is 0. The zero-order valence-corrected chi connectivity index (χ0v) is 26.6. The maximum absolute atomic E-state index is 4.93. The Morgan fingerprint density at radius 1 is 0.871 bits per heavy atom. The van der Waals surface area contributed by atoms with Crippen LogP contribution in [-0.2, 0) is 27.3 Å². The Hall–Kier alpha value is -0.0531. The second-order valence-electron chi connectivity index (χ2n) is 11.1. The van der Waals surface area contributed by atoms with Crippen molar-refractivity contribution in [1.29, 1.82) is 0 Å². The van der Waals surface area contributed by atoms with Crippen molar-refractivity contribution in [3.8, 4) is 11.1 Å². The van der Waals surface area contributed by atoms with Crippen molar-refractivity contribution in [2.24, 2.45) is 5.92 Å². The third-order valence-corrected chi connectivity index (χ3v) is 9.80. The molecule has 0 nitrogen and oxygen atoms in total. The molecule has 0 amide bonds. The first-order valence-electron chi connectivity index (χ1n) is 11.1. The van der Waals surface area contributed by atoms with Crippen molar-refractivity contribution in [3.63, 3.8) is 0 Å². The van der Waals surface area contributed by atoms with Crippen molar-refractivity contribution in [2.75, 3.05) is 0 Å². The van der Waals surface area contributed by atoms with E-state index < -0.39 is 37.0 Å². The van der Waals surface area contributed by atoms with E-state index in [0.29, 0.717) is 5.92 Å². The van der Waals surface area contributed by atoms with Crippen LogP contribution in [0.1, 0.15) is 25.0 Å². The molecule has 0 radical (unpaired) electrons. The van der Waals surface area contributed by atoms with Gasteiger partial charge in [-0.2, -0.15) is 6.07 Å². The van der Waals surface area contributed by atoms with Gasteiger partial charge in [-0.25, -0.2) is 0 Å².